The molecule has 15 nitrogen and oxygen atoms in total. The van der Waals surface area contributed by atoms with Crippen molar-refractivity contribution in [3.8, 4) is 5.88 Å². The van der Waals surface area contributed by atoms with E-state index in [0.29, 0.717) is 58.1 Å². The number of nitrogen functional groups attached to an aromatic ring is 1. The Morgan fingerprint density at radius 3 is 2.36 bits per heavy atom. The maximum Gasteiger partial charge on any atom is 0.346 e. The van der Waals surface area contributed by atoms with Crippen molar-refractivity contribution in [2.45, 2.75) is 31.0 Å². The fourth-order valence-electron chi connectivity index (χ4n) is 4.72. The highest BCUT2D eigenvalue weighted by Crippen LogP contribution is 2.55. The predicted octanol–water partition coefficient (Wildman–Crippen LogP) is -0.784. The molecule has 0 aliphatic carbocycles. The van der Waals surface area contributed by atoms with Crippen molar-refractivity contribution in [3.05, 3.63) is 6.33 Å². The number of nitrogens with two attached hydrogens (primary N) is 1. The van der Waals surface area contributed by atoms with Gasteiger partial charge in [0.05, 0.1) is 46.5 Å². The molecule has 2 aromatic heterocycles. The van der Waals surface area contributed by atoms with Gasteiger partial charge in [0.15, 0.2) is 17.4 Å². The van der Waals surface area contributed by atoms with Crippen LogP contribution in [-0.4, -0.2) is 123 Å². The van der Waals surface area contributed by atoms with Gasteiger partial charge in [0.1, 0.15) is 17.8 Å². The minimum absolute atomic E-state index is 0.0452. The molecule has 4 atom stereocenters. The molecule has 5 heterocycles. The number of imidazole rings is 1. The molecule has 3 aliphatic heterocycles. The Morgan fingerprint density at radius 1 is 1.17 bits per heavy atom. The average molecular weight is 529 g/mol. The lowest BCUT2D eigenvalue weighted by Crippen LogP contribution is -2.46. The fourth-order valence-corrected chi connectivity index (χ4v) is 7.09. The van der Waals surface area contributed by atoms with Crippen LogP contribution in [0.5, 0.6) is 5.88 Å². The Labute approximate surface area is 207 Å². The summed E-state index contributed by atoms with van der Waals surface area (Å²) in [5.41, 5.74) is 4.65. The first kappa shape index (κ1) is 25.7. The smallest absolute Gasteiger partial charge is 0.346 e. The fraction of sp³-hybridized carbons (Fsp3) is 0.750. The quantitative estimate of drug-likeness (QED) is 0.380. The van der Waals surface area contributed by atoms with E-state index < -0.39 is 31.7 Å². The van der Waals surface area contributed by atoms with Crippen molar-refractivity contribution in [3.63, 3.8) is 0 Å². The number of aromatic nitrogens is 4. The molecule has 0 bridgehead atoms. The molecule has 4 N–H and O–H groups in total. The zero-order valence-corrected chi connectivity index (χ0v) is 21.1. The number of ether oxygens (including phenoxy) is 4. The number of aliphatic hydroxyl groups is 2. The normalized spacial score (nSPS) is 30.7. The lowest BCUT2D eigenvalue weighted by atomic mass is 9.96. The number of rotatable bonds is 7. The lowest BCUT2D eigenvalue weighted by Gasteiger charge is -2.41. The van der Waals surface area contributed by atoms with Gasteiger partial charge in [-0.25, -0.2) is 14.3 Å². The van der Waals surface area contributed by atoms with Crippen LogP contribution in [0, 0.1) is 0 Å². The molecule has 0 amide bonds. The van der Waals surface area contributed by atoms with Gasteiger partial charge in [0.25, 0.3) is 0 Å². The van der Waals surface area contributed by atoms with Gasteiger partial charge in [-0.2, -0.15) is 9.97 Å². The molecule has 0 aromatic carbocycles. The number of morpholine rings is 2. The van der Waals surface area contributed by atoms with E-state index in [2.05, 4.69) is 15.0 Å². The zero-order chi connectivity index (χ0) is 25.5. The van der Waals surface area contributed by atoms with E-state index in [4.69, 9.17) is 29.2 Å². The van der Waals surface area contributed by atoms with Crippen LogP contribution in [0.1, 0.15) is 13.2 Å². The second-order valence-electron chi connectivity index (χ2n) is 9.03. The third-order valence-electron chi connectivity index (χ3n) is 6.70. The summed E-state index contributed by atoms with van der Waals surface area (Å²) in [6.45, 7) is 4.81. The van der Waals surface area contributed by atoms with Crippen molar-refractivity contribution >= 4 is 24.8 Å². The molecule has 0 spiro atoms. The summed E-state index contributed by atoms with van der Waals surface area (Å²) in [7, 11) is -2.03. The van der Waals surface area contributed by atoms with E-state index in [1.807, 2.05) is 0 Å². The minimum atomic E-state index is -3.47. The highest BCUT2D eigenvalue weighted by atomic mass is 31.2. The van der Waals surface area contributed by atoms with Gasteiger partial charge in [-0.15, -0.1) is 0 Å². The highest BCUT2D eigenvalue weighted by Gasteiger charge is 2.54. The van der Waals surface area contributed by atoms with Crippen molar-refractivity contribution < 1.29 is 38.2 Å². The van der Waals surface area contributed by atoms with Gasteiger partial charge in [-0.3, -0.25) is 9.13 Å². The number of hydrogen-bond acceptors (Lipinski definition) is 12. The summed E-state index contributed by atoms with van der Waals surface area (Å²) in [5.74, 6) is 0.127. The summed E-state index contributed by atoms with van der Waals surface area (Å²) in [6.07, 6.45) is -2.03. The van der Waals surface area contributed by atoms with Crippen LogP contribution >= 0.6 is 7.67 Å². The lowest BCUT2D eigenvalue weighted by molar-refractivity contribution is -0.0949. The summed E-state index contributed by atoms with van der Waals surface area (Å²) in [4.78, 5) is 12.5. The summed E-state index contributed by atoms with van der Waals surface area (Å²) in [6, 6.07) is 0. The standard InChI is InChI=1S/C20H32N7O8P/c1-20(29)15(28)13(35-18(20)27-12-22-14-16(27)23-19(21)24-17(14)31-2)11-34-36(30,25-3-7-32-8-4-25)26-5-9-33-10-6-26/h12-13,15,18,28-29H,3-11H2,1-2H3,(H2,21,23,24). The van der Waals surface area contributed by atoms with Crippen molar-refractivity contribution in [2.24, 2.45) is 0 Å². The van der Waals surface area contributed by atoms with E-state index in [-0.39, 0.29) is 24.1 Å². The molecule has 2 aromatic rings. The van der Waals surface area contributed by atoms with E-state index in [1.54, 1.807) is 9.34 Å². The van der Waals surface area contributed by atoms with E-state index >= 15 is 0 Å². The van der Waals surface area contributed by atoms with Crippen LogP contribution < -0.4 is 10.5 Å². The van der Waals surface area contributed by atoms with Crippen LogP contribution in [0.25, 0.3) is 11.2 Å². The molecular weight excluding hydrogens is 497 g/mol. The molecule has 200 valence electrons. The van der Waals surface area contributed by atoms with Crippen molar-refractivity contribution in [2.75, 3.05) is 72.1 Å². The van der Waals surface area contributed by atoms with Gasteiger partial charge in [-0.05, 0) is 6.92 Å². The number of fused-ring (bicyclic) bond motifs is 1. The second-order valence-corrected chi connectivity index (χ2v) is 11.4. The molecule has 4 unspecified atom stereocenters. The average Bonchev–Trinajstić information content (AvgIpc) is 3.40. The molecular formula is C20H32N7O8P. The van der Waals surface area contributed by atoms with E-state index in [0.717, 1.165) is 0 Å². The van der Waals surface area contributed by atoms with Crippen molar-refractivity contribution in [1.29, 1.82) is 0 Å². The zero-order valence-electron chi connectivity index (χ0n) is 20.2. The van der Waals surface area contributed by atoms with Gasteiger partial charge in [0.2, 0.25) is 11.8 Å². The summed E-state index contributed by atoms with van der Waals surface area (Å²) in [5, 5.41) is 22.2. The first-order chi connectivity index (χ1) is 17.3. The molecule has 3 saturated heterocycles. The molecule has 16 heteroatoms. The Bertz CT molecular complexity index is 1100. The third kappa shape index (κ3) is 4.48. The van der Waals surface area contributed by atoms with Gasteiger partial charge < -0.3 is 39.4 Å². The summed E-state index contributed by atoms with van der Waals surface area (Å²) < 4.78 is 47.5. The van der Waals surface area contributed by atoms with Crippen LogP contribution in [0.2, 0.25) is 0 Å². The SMILES string of the molecule is COc1nc(N)nc2c1ncn2C1OC(COP(=O)(N2CCOCC2)N2CCOCC2)C(O)C1(C)O. The second kappa shape index (κ2) is 10.1. The Kier molecular flexibility index (Phi) is 7.20. The number of anilines is 1. The van der Waals surface area contributed by atoms with Gasteiger partial charge in [-0.1, -0.05) is 0 Å². The number of aliphatic hydroxyl groups excluding tert-OH is 1. The van der Waals surface area contributed by atoms with Crippen LogP contribution in [0.4, 0.5) is 5.95 Å². The van der Waals surface area contributed by atoms with Gasteiger partial charge in [0, 0.05) is 26.2 Å². The van der Waals surface area contributed by atoms with E-state index in [1.165, 1.54) is 24.9 Å². The van der Waals surface area contributed by atoms with E-state index in [9.17, 15) is 14.8 Å². The largest absolute Gasteiger partial charge is 0.479 e. The maximum absolute atomic E-state index is 14.2. The first-order valence-electron chi connectivity index (χ1n) is 11.8. The topological polar surface area (TPSA) is 180 Å². The number of methoxy groups -OCH3 is 1. The first-order valence-corrected chi connectivity index (χ1v) is 13.3. The number of nitrogens with zero attached hydrogens (tertiary/aromatic N) is 6. The molecule has 3 fully saturated rings. The Balaban J connectivity index is 1.38. The molecule has 5 rings (SSSR count). The number of hydrogen-bond donors (Lipinski definition) is 3. The monoisotopic (exact) mass is 529 g/mol. The Hall–Kier alpha value is -1.94. The van der Waals surface area contributed by atoms with Crippen molar-refractivity contribution in [1.82, 2.24) is 28.9 Å². The molecule has 0 saturated carbocycles. The van der Waals surface area contributed by atoms with Gasteiger partial charge >= 0.3 is 7.67 Å². The maximum atomic E-state index is 14.2. The Morgan fingerprint density at radius 2 is 1.78 bits per heavy atom. The molecule has 3 aliphatic rings. The van der Waals surface area contributed by atoms with Crippen LogP contribution in [-0.2, 0) is 23.3 Å². The van der Waals surface area contributed by atoms with Crippen LogP contribution in [0.3, 0.4) is 0 Å². The molecule has 0 radical (unpaired) electrons. The summed E-state index contributed by atoms with van der Waals surface area (Å²) >= 11 is 0. The van der Waals surface area contributed by atoms with Crippen LogP contribution in [0.15, 0.2) is 6.33 Å². The predicted molar refractivity (Wildman–Crippen MR) is 125 cm³/mol. The molecule has 36 heavy (non-hydrogen) atoms. The minimum Gasteiger partial charge on any atom is -0.479 e. The third-order valence-corrected chi connectivity index (χ3v) is 9.42. The highest BCUT2D eigenvalue weighted by molar-refractivity contribution is 7.54.